The second-order valence-electron chi connectivity index (χ2n) is 7.01. The van der Waals surface area contributed by atoms with Gasteiger partial charge in [-0.05, 0) is 48.9 Å². The lowest BCUT2D eigenvalue weighted by Crippen LogP contribution is -2.31. The molecule has 0 saturated carbocycles. The molecule has 1 aliphatic heterocycles. The lowest BCUT2D eigenvalue weighted by molar-refractivity contribution is -0.135. The Morgan fingerprint density at radius 3 is 2.65 bits per heavy atom. The van der Waals surface area contributed by atoms with Crippen molar-refractivity contribution < 1.29 is 23.1 Å². The second-order valence-corrected chi connectivity index (χ2v) is 7.45. The van der Waals surface area contributed by atoms with Crippen molar-refractivity contribution in [2.45, 2.75) is 19.4 Å². The van der Waals surface area contributed by atoms with Crippen LogP contribution in [-0.2, 0) is 4.79 Å². The summed E-state index contributed by atoms with van der Waals surface area (Å²) in [6.07, 6.45) is 2.00. The molecule has 0 saturated heterocycles. The van der Waals surface area contributed by atoms with Gasteiger partial charge in [0.15, 0.2) is 12.4 Å². The third-order valence-corrected chi connectivity index (χ3v) is 5.15. The van der Waals surface area contributed by atoms with E-state index in [0.717, 1.165) is 11.6 Å². The fourth-order valence-electron chi connectivity index (χ4n) is 3.34. The Balaban J connectivity index is 1.53. The molecule has 1 unspecified atom stereocenters. The van der Waals surface area contributed by atoms with Crippen LogP contribution in [-0.4, -0.2) is 29.0 Å². The second kappa shape index (κ2) is 8.73. The zero-order valence-corrected chi connectivity index (χ0v) is 17.3. The predicted molar refractivity (Wildman–Crippen MR) is 113 cm³/mol. The van der Waals surface area contributed by atoms with Gasteiger partial charge in [-0.3, -0.25) is 9.59 Å². The van der Waals surface area contributed by atoms with Crippen molar-refractivity contribution in [2.75, 3.05) is 6.61 Å². The highest BCUT2D eigenvalue weighted by molar-refractivity contribution is 6.30. The maximum absolute atomic E-state index is 14.0. The summed E-state index contributed by atoms with van der Waals surface area (Å²) in [5, 5.41) is 6.42. The monoisotopic (exact) mass is 440 g/mol. The van der Waals surface area contributed by atoms with Gasteiger partial charge in [0.1, 0.15) is 23.4 Å². The van der Waals surface area contributed by atoms with Crippen LogP contribution in [0.25, 0.3) is 0 Å². The number of nitrogens with zero attached hydrogens (tertiary/aromatic N) is 2. The van der Waals surface area contributed by atoms with Crippen LogP contribution in [0.15, 0.2) is 70.4 Å². The summed E-state index contributed by atoms with van der Waals surface area (Å²) < 4.78 is 25.0. The molecular weight excluding hydrogens is 423 g/mol. The summed E-state index contributed by atoms with van der Waals surface area (Å²) in [6.45, 7) is 0.925. The molecule has 6 nitrogen and oxygen atoms in total. The summed E-state index contributed by atoms with van der Waals surface area (Å²) in [7, 11) is 0. The molecule has 2 aromatic carbocycles. The standard InChI is InChI=1S/C23H18ClFN2O4/c1-14(28)18-9-8-17(11-19(18)25)31-13-23(29)27-21(22-3-2-10-30-22)12-20(26-27)15-4-6-16(24)7-5-15/h2-11,21H,12-13H2,1H3. The molecule has 1 aliphatic rings. The van der Waals surface area contributed by atoms with Crippen molar-refractivity contribution in [3.05, 3.63) is 88.6 Å². The number of furan rings is 1. The number of hydrazone groups is 1. The molecule has 2 heterocycles. The highest BCUT2D eigenvalue weighted by Gasteiger charge is 2.35. The number of amides is 1. The summed E-state index contributed by atoms with van der Waals surface area (Å²) >= 11 is 5.96. The maximum Gasteiger partial charge on any atom is 0.281 e. The quantitative estimate of drug-likeness (QED) is 0.504. The molecule has 0 bridgehead atoms. The third kappa shape index (κ3) is 4.51. The smallest absolute Gasteiger partial charge is 0.281 e. The van der Waals surface area contributed by atoms with Crippen molar-refractivity contribution in [3.8, 4) is 5.75 Å². The van der Waals surface area contributed by atoms with Crippen LogP contribution in [0.3, 0.4) is 0 Å². The van der Waals surface area contributed by atoms with Crippen LogP contribution in [0.2, 0.25) is 5.02 Å². The Hall–Kier alpha value is -3.45. The first-order valence-corrected chi connectivity index (χ1v) is 9.92. The zero-order valence-electron chi connectivity index (χ0n) is 16.5. The van der Waals surface area contributed by atoms with Gasteiger partial charge >= 0.3 is 0 Å². The first kappa shape index (κ1) is 20.8. The lowest BCUT2D eigenvalue weighted by atomic mass is 10.0. The average molecular weight is 441 g/mol. The van der Waals surface area contributed by atoms with Gasteiger partial charge in [-0.2, -0.15) is 5.10 Å². The molecule has 0 aliphatic carbocycles. The average Bonchev–Trinajstić information content (AvgIpc) is 3.42. The Labute approximate surface area is 182 Å². The molecule has 3 aromatic rings. The number of rotatable bonds is 6. The largest absolute Gasteiger partial charge is 0.484 e. The van der Waals surface area contributed by atoms with Crippen LogP contribution in [0.5, 0.6) is 5.75 Å². The topological polar surface area (TPSA) is 72.1 Å². The van der Waals surface area contributed by atoms with E-state index in [1.165, 1.54) is 30.3 Å². The Bertz CT molecular complexity index is 1140. The van der Waals surface area contributed by atoms with Crippen LogP contribution in [0, 0.1) is 5.82 Å². The molecule has 1 aromatic heterocycles. The van der Waals surface area contributed by atoms with Crippen LogP contribution in [0.4, 0.5) is 4.39 Å². The van der Waals surface area contributed by atoms with E-state index in [1.54, 1.807) is 24.3 Å². The number of hydrogen-bond donors (Lipinski definition) is 0. The van der Waals surface area contributed by atoms with Crippen molar-refractivity contribution in [3.63, 3.8) is 0 Å². The zero-order chi connectivity index (χ0) is 22.0. The Morgan fingerprint density at radius 2 is 2.00 bits per heavy atom. The number of carbonyl (C=O) groups excluding carboxylic acids is 2. The van der Waals surface area contributed by atoms with Crippen molar-refractivity contribution in [2.24, 2.45) is 5.10 Å². The summed E-state index contributed by atoms with van der Waals surface area (Å²) in [5.41, 5.74) is 1.52. The van der Waals surface area contributed by atoms with Gasteiger partial charge in [0, 0.05) is 17.5 Å². The summed E-state index contributed by atoms with van der Waals surface area (Å²) in [4.78, 5) is 24.3. The number of benzene rings is 2. The van der Waals surface area contributed by atoms with E-state index in [-0.39, 0.29) is 23.7 Å². The van der Waals surface area contributed by atoms with Gasteiger partial charge in [-0.15, -0.1) is 0 Å². The molecule has 0 spiro atoms. The molecule has 31 heavy (non-hydrogen) atoms. The van der Waals surface area contributed by atoms with Crippen LogP contribution < -0.4 is 4.74 Å². The van der Waals surface area contributed by atoms with E-state index in [9.17, 15) is 14.0 Å². The molecule has 0 radical (unpaired) electrons. The lowest BCUT2D eigenvalue weighted by Gasteiger charge is -2.20. The first-order valence-electron chi connectivity index (χ1n) is 9.54. The highest BCUT2D eigenvalue weighted by atomic mass is 35.5. The molecular formula is C23H18ClFN2O4. The molecule has 0 fully saturated rings. The fourth-order valence-corrected chi connectivity index (χ4v) is 3.47. The van der Waals surface area contributed by atoms with Crippen molar-refractivity contribution in [1.82, 2.24) is 5.01 Å². The van der Waals surface area contributed by atoms with Gasteiger partial charge in [-0.25, -0.2) is 9.40 Å². The normalized spacial score (nSPS) is 15.6. The minimum Gasteiger partial charge on any atom is -0.484 e. The minimum atomic E-state index is -0.699. The van der Waals surface area contributed by atoms with Gasteiger partial charge in [0.25, 0.3) is 5.91 Å². The number of halogens is 2. The van der Waals surface area contributed by atoms with Crippen molar-refractivity contribution >= 4 is 29.0 Å². The fraction of sp³-hybridized carbons (Fsp3) is 0.174. The van der Waals surface area contributed by atoms with Crippen LogP contribution >= 0.6 is 11.6 Å². The number of Topliss-reactive ketones (excluding diaryl/α,β-unsaturated/α-hetero) is 1. The Kier molecular flexibility index (Phi) is 5.86. The first-order chi connectivity index (χ1) is 14.9. The molecule has 1 atom stereocenters. The van der Waals surface area contributed by atoms with E-state index >= 15 is 0 Å². The van der Waals surface area contributed by atoms with Gasteiger partial charge < -0.3 is 9.15 Å². The van der Waals surface area contributed by atoms with Crippen molar-refractivity contribution in [1.29, 1.82) is 0 Å². The number of ketones is 1. The Morgan fingerprint density at radius 1 is 1.23 bits per heavy atom. The third-order valence-electron chi connectivity index (χ3n) is 4.90. The number of hydrogen-bond acceptors (Lipinski definition) is 5. The minimum absolute atomic E-state index is 0.0340. The number of ether oxygens (including phenoxy) is 1. The van der Waals surface area contributed by atoms with Crippen LogP contribution in [0.1, 0.15) is 41.1 Å². The predicted octanol–water partition coefficient (Wildman–Crippen LogP) is 5.03. The molecule has 1 amide bonds. The summed E-state index contributed by atoms with van der Waals surface area (Å²) in [6, 6.07) is 14.2. The summed E-state index contributed by atoms with van der Waals surface area (Å²) in [5.74, 6) is -0.761. The van der Waals surface area contributed by atoms with Gasteiger partial charge in [-0.1, -0.05) is 23.7 Å². The molecule has 158 valence electrons. The van der Waals surface area contributed by atoms with E-state index in [2.05, 4.69) is 5.10 Å². The molecule has 8 heteroatoms. The van der Waals surface area contributed by atoms with Gasteiger partial charge in [0.05, 0.1) is 17.5 Å². The van der Waals surface area contributed by atoms with E-state index < -0.39 is 17.8 Å². The van der Waals surface area contributed by atoms with Gasteiger partial charge in [0.2, 0.25) is 0 Å². The highest BCUT2D eigenvalue weighted by Crippen LogP contribution is 2.33. The van der Waals surface area contributed by atoms with E-state index in [1.807, 2.05) is 12.1 Å². The molecule has 0 N–H and O–H groups in total. The SMILES string of the molecule is CC(=O)c1ccc(OCC(=O)N2N=C(c3ccc(Cl)cc3)CC2c2ccco2)cc1F. The maximum atomic E-state index is 14.0. The number of carbonyl (C=O) groups is 2. The molecule has 4 rings (SSSR count). The van der Waals surface area contributed by atoms with E-state index in [0.29, 0.717) is 22.9 Å². The van der Waals surface area contributed by atoms with E-state index in [4.69, 9.17) is 20.8 Å².